The van der Waals surface area contributed by atoms with Crippen LogP contribution in [0, 0.1) is 0 Å². The van der Waals surface area contributed by atoms with Crippen LogP contribution >= 0.6 is 0 Å². The number of hydrogen-bond donors (Lipinski definition) is 2. The third-order valence-corrected chi connectivity index (χ3v) is 2.76. The fourth-order valence-electron chi connectivity index (χ4n) is 1.87. The van der Waals surface area contributed by atoms with Crippen molar-refractivity contribution in [1.29, 1.82) is 0 Å². The molecule has 2 rings (SSSR count). The maximum Gasteiger partial charge on any atom is 0.206 e. The molecule has 0 fully saturated rings. The van der Waals surface area contributed by atoms with Gasteiger partial charge < -0.3 is 15.5 Å². The highest BCUT2D eigenvalue weighted by molar-refractivity contribution is 5.93. The fraction of sp³-hybridized carbons (Fsp3) is 0.231. The Morgan fingerprint density at radius 1 is 1.33 bits per heavy atom. The van der Waals surface area contributed by atoms with Crippen molar-refractivity contribution in [3.8, 4) is 0 Å². The molecule has 2 aromatic rings. The zero-order chi connectivity index (χ0) is 12.8. The average Bonchev–Trinajstić information content (AvgIpc) is 2.87. The quantitative estimate of drug-likeness (QED) is 0.363. The van der Waals surface area contributed by atoms with E-state index in [1.165, 1.54) is 5.56 Å². The molecular formula is C13H16N4O. The van der Waals surface area contributed by atoms with Gasteiger partial charge in [0.25, 0.3) is 0 Å². The highest BCUT2D eigenvalue weighted by atomic mass is 16.4. The number of aromatic nitrogens is 2. The first-order chi connectivity index (χ1) is 8.81. The molecule has 1 aromatic heterocycles. The molecule has 0 aliphatic carbocycles. The summed E-state index contributed by atoms with van der Waals surface area (Å²) in [6.45, 7) is 0.792. The lowest BCUT2D eigenvalue weighted by Gasteiger charge is -2.06. The van der Waals surface area contributed by atoms with E-state index in [4.69, 9.17) is 10.9 Å². The molecule has 0 atom stereocenters. The second-order valence-electron chi connectivity index (χ2n) is 4.02. The summed E-state index contributed by atoms with van der Waals surface area (Å²) in [4.78, 5) is 4.06. The molecule has 0 spiro atoms. The maximum absolute atomic E-state index is 8.64. The van der Waals surface area contributed by atoms with Gasteiger partial charge >= 0.3 is 0 Å². The Hall–Kier alpha value is -2.30. The molecule has 0 unspecified atom stereocenters. The molecule has 1 aromatic carbocycles. The van der Waals surface area contributed by atoms with E-state index in [0.29, 0.717) is 5.82 Å². The molecule has 5 nitrogen and oxygen atoms in total. The van der Waals surface area contributed by atoms with E-state index >= 15 is 0 Å². The lowest BCUT2D eigenvalue weighted by Crippen LogP contribution is -2.19. The van der Waals surface area contributed by atoms with E-state index in [-0.39, 0.29) is 5.84 Å². The van der Waals surface area contributed by atoms with Crippen LogP contribution in [0.25, 0.3) is 0 Å². The average molecular weight is 244 g/mol. The number of hydrogen-bond acceptors (Lipinski definition) is 3. The van der Waals surface area contributed by atoms with Crippen molar-refractivity contribution in [3.05, 3.63) is 54.1 Å². The lowest BCUT2D eigenvalue weighted by atomic mass is 10.1. The lowest BCUT2D eigenvalue weighted by molar-refractivity contribution is 0.318. The summed E-state index contributed by atoms with van der Waals surface area (Å²) in [5.41, 5.74) is 6.85. The van der Waals surface area contributed by atoms with Gasteiger partial charge in [0.15, 0.2) is 5.82 Å². The van der Waals surface area contributed by atoms with Crippen LogP contribution in [-0.4, -0.2) is 20.6 Å². The zero-order valence-corrected chi connectivity index (χ0v) is 10.0. The molecule has 0 aliphatic heterocycles. The summed E-state index contributed by atoms with van der Waals surface area (Å²) >= 11 is 0. The van der Waals surface area contributed by atoms with Gasteiger partial charge in [-0.25, -0.2) is 4.98 Å². The minimum absolute atomic E-state index is 0.0414. The molecule has 94 valence electrons. The number of amidine groups is 1. The standard InChI is InChI=1S/C13H16N4O/c14-12(16-18)13-15-8-10-17(13)9-4-7-11-5-2-1-3-6-11/h1-3,5-6,8,10,18H,4,7,9H2,(H2,14,16). The van der Waals surface area contributed by atoms with E-state index in [1.807, 2.05) is 29.0 Å². The molecule has 0 bridgehead atoms. The Bertz CT molecular complexity index is 519. The molecular weight excluding hydrogens is 228 g/mol. The third kappa shape index (κ3) is 2.88. The number of nitrogens with zero attached hydrogens (tertiary/aromatic N) is 3. The van der Waals surface area contributed by atoms with E-state index in [9.17, 15) is 0 Å². The van der Waals surface area contributed by atoms with Crippen molar-refractivity contribution in [2.45, 2.75) is 19.4 Å². The number of aryl methyl sites for hydroxylation is 2. The van der Waals surface area contributed by atoms with Crippen LogP contribution in [0.2, 0.25) is 0 Å². The van der Waals surface area contributed by atoms with Gasteiger partial charge in [-0.2, -0.15) is 0 Å². The molecule has 0 radical (unpaired) electrons. The molecule has 5 heteroatoms. The van der Waals surface area contributed by atoms with Crippen LogP contribution in [0.5, 0.6) is 0 Å². The normalized spacial score (nSPS) is 11.7. The van der Waals surface area contributed by atoms with Gasteiger partial charge in [0.05, 0.1) is 0 Å². The first kappa shape index (κ1) is 12.2. The van der Waals surface area contributed by atoms with Gasteiger partial charge in [0.2, 0.25) is 5.84 Å². The van der Waals surface area contributed by atoms with Gasteiger partial charge in [-0.3, -0.25) is 0 Å². The summed E-state index contributed by atoms with van der Waals surface area (Å²) in [7, 11) is 0. The highest BCUT2D eigenvalue weighted by Gasteiger charge is 2.06. The van der Waals surface area contributed by atoms with Gasteiger partial charge in [-0.05, 0) is 18.4 Å². The second kappa shape index (κ2) is 5.86. The summed E-state index contributed by atoms with van der Waals surface area (Å²) in [5, 5.41) is 11.6. The van der Waals surface area contributed by atoms with Gasteiger partial charge in [-0.15, -0.1) is 0 Å². The minimum atomic E-state index is 0.0414. The van der Waals surface area contributed by atoms with Crippen molar-refractivity contribution in [2.24, 2.45) is 10.9 Å². The van der Waals surface area contributed by atoms with Crippen molar-refractivity contribution in [3.63, 3.8) is 0 Å². The van der Waals surface area contributed by atoms with E-state index in [2.05, 4.69) is 22.3 Å². The topological polar surface area (TPSA) is 76.4 Å². The van der Waals surface area contributed by atoms with Crippen LogP contribution in [0.4, 0.5) is 0 Å². The number of rotatable bonds is 5. The Labute approximate surface area is 106 Å². The van der Waals surface area contributed by atoms with Gasteiger partial charge in [0, 0.05) is 18.9 Å². The van der Waals surface area contributed by atoms with Gasteiger partial charge in [-0.1, -0.05) is 35.5 Å². The largest absolute Gasteiger partial charge is 0.409 e. The minimum Gasteiger partial charge on any atom is -0.409 e. The summed E-state index contributed by atoms with van der Waals surface area (Å²) in [6, 6.07) is 10.3. The zero-order valence-electron chi connectivity index (χ0n) is 10.0. The van der Waals surface area contributed by atoms with Crippen LogP contribution in [-0.2, 0) is 13.0 Å². The number of nitrogens with two attached hydrogens (primary N) is 1. The van der Waals surface area contributed by atoms with E-state index < -0.39 is 0 Å². The monoisotopic (exact) mass is 244 g/mol. The smallest absolute Gasteiger partial charge is 0.206 e. The van der Waals surface area contributed by atoms with E-state index in [0.717, 1.165) is 19.4 Å². The van der Waals surface area contributed by atoms with Gasteiger partial charge in [0.1, 0.15) is 0 Å². The van der Waals surface area contributed by atoms with Crippen LogP contribution in [0.1, 0.15) is 17.8 Å². The predicted octanol–water partition coefficient (Wildman–Crippen LogP) is 1.61. The summed E-state index contributed by atoms with van der Waals surface area (Å²) in [5.74, 6) is 0.547. The van der Waals surface area contributed by atoms with Crippen molar-refractivity contribution in [2.75, 3.05) is 0 Å². The molecule has 0 aliphatic rings. The Morgan fingerprint density at radius 3 is 2.83 bits per heavy atom. The second-order valence-corrected chi connectivity index (χ2v) is 4.02. The predicted molar refractivity (Wildman–Crippen MR) is 69.5 cm³/mol. The fourth-order valence-corrected chi connectivity index (χ4v) is 1.87. The number of oxime groups is 1. The third-order valence-electron chi connectivity index (χ3n) is 2.76. The van der Waals surface area contributed by atoms with E-state index in [1.54, 1.807) is 6.20 Å². The molecule has 0 amide bonds. The summed E-state index contributed by atoms with van der Waals surface area (Å²) < 4.78 is 1.89. The highest BCUT2D eigenvalue weighted by Crippen LogP contribution is 2.05. The summed E-state index contributed by atoms with van der Waals surface area (Å²) in [6.07, 6.45) is 5.45. The molecule has 3 N–H and O–H groups in total. The maximum atomic E-state index is 8.64. The van der Waals surface area contributed by atoms with Crippen molar-refractivity contribution < 1.29 is 5.21 Å². The van der Waals surface area contributed by atoms with Crippen molar-refractivity contribution in [1.82, 2.24) is 9.55 Å². The van der Waals surface area contributed by atoms with Crippen LogP contribution < -0.4 is 5.73 Å². The SMILES string of the molecule is NC(=NO)c1nccn1CCCc1ccccc1. The first-order valence-electron chi connectivity index (χ1n) is 5.84. The Morgan fingerprint density at radius 2 is 2.11 bits per heavy atom. The van der Waals surface area contributed by atoms with Crippen molar-refractivity contribution >= 4 is 5.84 Å². The molecule has 0 saturated heterocycles. The molecule has 1 heterocycles. The molecule has 18 heavy (non-hydrogen) atoms. The molecule has 0 saturated carbocycles. The number of imidazole rings is 1. The van der Waals surface area contributed by atoms with Crippen LogP contribution in [0.3, 0.4) is 0 Å². The van der Waals surface area contributed by atoms with Crippen LogP contribution in [0.15, 0.2) is 47.9 Å². The number of benzene rings is 1. The first-order valence-corrected chi connectivity index (χ1v) is 5.84. The Kier molecular flexibility index (Phi) is 3.96. The Balaban J connectivity index is 1.93.